The fraction of sp³-hybridized carbons (Fsp3) is 0.111. The van der Waals surface area contributed by atoms with Gasteiger partial charge in [0.05, 0.1) is 11.1 Å². The first-order chi connectivity index (χ1) is 7.48. The minimum atomic E-state index is -4.57. The molecule has 0 saturated heterocycles. The van der Waals surface area contributed by atoms with E-state index in [1.54, 1.807) is 0 Å². The van der Waals surface area contributed by atoms with Gasteiger partial charge < -0.3 is 4.52 Å². The number of hydrogen-bond donors (Lipinski definition) is 0. The van der Waals surface area contributed by atoms with Gasteiger partial charge in [0.1, 0.15) is 5.82 Å². The van der Waals surface area contributed by atoms with Crippen LogP contribution in [-0.4, -0.2) is 10.1 Å². The Balaban J connectivity index is 2.46. The average Bonchev–Trinajstić information content (AvgIpc) is 2.69. The Morgan fingerprint density at radius 3 is 2.44 bits per heavy atom. The third kappa shape index (κ3) is 1.88. The van der Waals surface area contributed by atoms with Crippen molar-refractivity contribution in [2.75, 3.05) is 0 Å². The molecule has 2 rings (SSSR count). The molecule has 2 aromatic rings. The maximum absolute atomic E-state index is 13.3. The lowest BCUT2D eigenvalue weighted by Crippen LogP contribution is -2.05. The van der Waals surface area contributed by atoms with Crippen LogP contribution in [0.1, 0.15) is 5.56 Å². The molecule has 1 heterocycles. The van der Waals surface area contributed by atoms with E-state index in [4.69, 9.17) is 0 Å². The molecule has 0 amide bonds. The summed E-state index contributed by atoms with van der Waals surface area (Å²) in [5.41, 5.74) is -1.20. The van der Waals surface area contributed by atoms with E-state index < -0.39 is 17.6 Å². The normalized spacial score (nSPS) is 11.8. The number of rotatable bonds is 1. The zero-order chi connectivity index (χ0) is 11.8. The zero-order valence-corrected chi connectivity index (χ0v) is 7.62. The fourth-order valence-electron chi connectivity index (χ4n) is 1.16. The summed E-state index contributed by atoms with van der Waals surface area (Å²) < 4.78 is 54.4. The molecule has 3 nitrogen and oxygen atoms in total. The summed E-state index contributed by atoms with van der Waals surface area (Å²) in [6.07, 6.45) is -3.61. The van der Waals surface area contributed by atoms with Gasteiger partial charge in [0.15, 0.2) is 0 Å². The minimum Gasteiger partial charge on any atom is -0.342 e. The molecule has 0 aliphatic rings. The summed E-state index contributed by atoms with van der Waals surface area (Å²) in [5.74, 6) is -1.14. The van der Waals surface area contributed by atoms with Gasteiger partial charge in [0.2, 0.25) is 12.2 Å². The molecule has 1 aromatic carbocycles. The van der Waals surface area contributed by atoms with E-state index in [-0.39, 0.29) is 11.4 Å². The van der Waals surface area contributed by atoms with Crippen LogP contribution in [0.4, 0.5) is 17.6 Å². The number of aromatic nitrogens is 2. The number of hydrogen-bond acceptors (Lipinski definition) is 3. The second-order valence-electron chi connectivity index (χ2n) is 2.95. The van der Waals surface area contributed by atoms with E-state index in [2.05, 4.69) is 14.7 Å². The van der Waals surface area contributed by atoms with Crippen molar-refractivity contribution in [1.82, 2.24) is 10.1 Å². The highest BCUT2D eigenvalue weighted by Crippen LogP contribution is 2.31. The minimum absolute atomic E-state index is 0.0915. The molecular formula is C9H4F4N2O. The Hall–Kier alpha value is -1.92. The summed E-state index contributed by atoms with van der Waals surface area (Å²) in [7, 11) is 0. The van der Waals surface area contributed by atoms with E-state index in [1.807, 2.05) is 0 Å². The quantitative estimate of drug-likeness (QED) is 0.709. The topological polar surface area (TPSA) is 38.9 Å². The molecule has 0 radical (unpaired) electrons. The molecule has 0 aliphatic carbocycles. The van der Waals surface area contributed by atoms with E-state index in [0.29, 0.717) is 6.07 Å². The summed E-state index contributed by atoms with van der Waals surface area (Å²) in [6.45, 7) is 0. The van der Waals surface area contributed by atoms with Crippen LogP contribution in [-0.2, 0) is 6.18 Å². The van der Waals surface area contributed by atoms with Gasteiger partial charge in [-0.05, 0) is 18.2 Å². The van der Waals surface area contributed by atoms with Crippen LogP contribution < -0.4 is 0 Å². The summed E-state index contributed by atoms with van der Waals surface area (Å²) in [5, 5.41) is 3.33. The Kier molecular flexibility index (Phi) is 2.37. The van der Waals surface area contributed by atoms with Gasteiger partial charge in [-0.25, -0.2) is 4.39 Å². The molecule has 16 heavy (non-hydrogen) atoms. The van der Waals surface area contributed by atoms with Crippen LogP contribution in [0.25, 0.3) is 11.4 Å². The monoisotopic (exact) mass is 232 g/mol. The maximum Gasteiger partial charge on any atom is 0.416 e. The highest BCUT2D eigenvalue weighted by molar-refractivity contribution is 5.55. The first-order valence-corrected chi connectivity index (χ1v) is 4.12. The van der Waals surface area contributed by atoms with Gasteiger partial charge in [-0.1, -0.05) is 5.16 Å². The molecule has 7 heteroatoms. The predicted octanol–water partition coefficient (Wildman–Crippen LogP) is 2.89. The van der Waals surface area contributed by atoms with E-state index in [9.17, 15) is 17.6 Å². The largest absolute Gasteiger partial charge is 0.416 e. The Bertz CT molecular complexity index is 493. The van der Waals surface area contributed by atoms with Gasteiger partial charge in [0.25, 0.3) is 0 Å². The van der Waals surface area contributed by atoms with Gasteiger partial charge in [-0.2, -0.15) is 18.2 Å². The van der Waals surface area contributed by atoms with Gasteiger partial charge in [-0.15, -0.1) is 0 Å². The van der Waals surface area contributed by atoms with Gasteiger partial charge in [-0.3, -0.25) is 0 Å². The fourth-order valence-corrected chi connectivity index (χ4v) is 1.16. The van der Waals surface area contributed by atoms with Crippen LogP contribution in [0.2, 0.25) is 0 Å². The van der Waals surface area contributed by atoms with Crippen LogP contribution in [0.15, 0.2) is 29.1 Å². The van der Waals surface area contributed by atoms with Crippen molar-refractivity contribution < 1.29 is 22.1 Å². The smallest absolute Gasteiger partial charge is 0.342 e. The van der Waals surface area contributed by atoms with E-state index in [0.717, 1.165) is 18.5 Å². The first kappa shape index (κ1) is 10.6. The Labute approximate surface area is 86.7 Å². The van der Waals surface area contributed by atoms with Gasteiger partial charge >= 0.3 is 6.18 Å². The van der Waals surface area contributed by atoms with Crippen LogP contribution in [0.5, 0.6) is 0 Å². The molecule has 0 aliphatic heterocycles. The number of halogens is 4. The van der Waals surface area contributed by atoms with Crippen molar-refractivity contribution >= 4 is 0 Å². The van der Waals surface area contributed by atoms with Crippen molar-refractivity contribution in [3.8, 4) is 11.4 Å². The third-order valence-electron chi connectivity index (χ3n) is 1.90. The predicted molar refractivity (Wildman–Crippen MR) is 44.7 cm³/mol. The second kappa shape index (κ2) is 3.58. The number of nitrogens with zero attached hydrogens (tertiary/aromatic N) is 2. The second-order valence-corrected chi connectivity index (χ2v) is 2.95. The highest BCUT2D eigenvalue weighted by Gasteiger charge is 2.31. The van der Waals surface area contributed by atoms with Crippen molar-refractivity contribution in [3.63, 3.8) is 0 Å². The zero-order valence-electron chi connectivity index (χ0n) is 7.62. The molecule has 0 unspecified atom stereocenters. The first-order valence-electron chi connectivity index (χ1n) is 4.12. The van der Waals surface area contributed by atoms with E-state index in [1.165, 1.54) is 0 Å². The summed E-state index contributed by atoms with van der Waals surface area (Å²) >= 11 is 0. The lowest BCUT2D eigenvalue weighted by Gasteiger charge is -2.07. The van der Waals surface area contributed by atoms with Crippen molar-refractivity contribution in [1.29, 1.82) is 0 Å². The van der Waals surface area contributed by atoms with Crippen LogP contribution in [0, 0.1) is 5.82 Å². The molecule has 0 bridgehead atoms. The SMILES string of the molecule is Fc1cc(C(F)(F)F)ccc1-c1ncon1. The molecule has 0 saturated carbocycles. The maximum atomic E-state index is 13.3. The summed E-state index contributed by atoms with van der Waals surface area (Å²) in [6, 6.07) is 2.11. The summed E-state index contributed by atoms with van der Waals surface area (Å²) in [4.78, 5) is 3.54. The molecule has 84 valence electrons. The lowest BCUT2D eigenvalue weighted by atomic mass is 10.1. The van der Waals surface area contributed by atoms with Crippen molar-refractivity contribution in [2.24, 2.45) is 0 Å². The number of alkyl halides is 3. The van der Waals surface area contributed by atoms with Crippen molar-refractivity contribution in [3.05, 3.63) is 36.0 Å². The standard InChI is InChI=1S/C9H4F4N2O/c10-7-3-5(9(11,12)13)1-2-6(7)8-14-4-16-15-8/h1-4H. The highest BCUT2D eigenvalue weighted by atomic mass is 19.4. The molecular weight excluding hydrogens is 228 g/mol. The molecule has 0 atom stereocenters. The Morgan fingerprint density at radius 1 is 1.19 bits per heavy atom. The lowest BCUT2D eigenvalue weighted by molar-refractivity contribution is -0.137. The molecule has 1 aromatic heterocycles. The third-order valence-corrected chi connectivity index (χ3v) is 1.90. The number of benzene rings is 1. The van der Waals surface area contributed by atoms with Crippen LogP contribution >= 0.6 is 0 Å². The average molecular weight is 232 g/mol. The molecule has 0 fully saturated rings. The van der Waals surface area contributed by atoms with E-state index >= 15 is 0 Å². The Morgan fingerprint density at radius 2 is 1.94 bits per heavy atom. The van der Waals surface area contributed by atoms with Crippen molar-refractivity contribution in [2.45, 2.75) is 6.18 Å². The van der Waals surface area contributed by atoms with Gasteiger partial charge in [0, 0.05) is 0 Å². The molecule has 0 spiro atoms. The van der Waals surface area contributed by atoms with Crippen LogP contribution in [0.3, 0.4) is 0 Å². The molecule has 0 N–H and O–H groups in total.